The van der Waals surface area contributed by atoms with Crippen LogP contribution < -0.4 is 4.72 Å². The standard InChI is InChI=1S/C12H16BrNO5S/c1-8(4-5-15)7-14-20(18,19)9-2-3-11(13)10(6-9)12(16)17/h2-3,6,8,14-15H,4-5,7H2,1H3,(H,16,17). The second-order valence-corrected chi connectivity index (χ2v) is 7.04. The summed E-state index contributed by atoms with van der Waals surface area (Å²) in [6, 6.07) is 3.82. The number of halogens is 1. The van der Waals surface area contributed by atoms with Crippen LogP contribution >= 0.6 is 15.9 Å². The molecule has 0 aromatic heterocycles. The van der Waals surface area contributed by atoms with Crippen molar-refractivity contribution in [3.63, 3.8) is 0 Å². The molecule has 0 spiro atoms. The molecule has 1 unspecified atom stereocenters. The molecule has 0 bridgehead atoms. The highest BCUT2D eigenvalue weighted by atomic mass is 79.9. The Morgan fingerprint density at radius 3 is 2.65 bits per heavy atom. The molecule has 3 N–H and O–H groups in total. The molecule has 1 aromatic rings. The number of hydrogen-bond donors (Lipinski definition) is 3. The van der Waals surface area contributed by atoms with Gasteiger partial charge in [0, 0.05) is 17.6 Å². The van der Waals surface area contributed by atoms with Gasteiger partial charge >= 0.3 is 5.97 Å². The average molecular weight is 366 g/mol. The van der Waals surface area contributed by atoms with Gasteiger partial charge in [-0.05, 0) is 46.5 Å². The number of hydrogen-bond acceptors (Lipinski definition) is 4. The first kappa shape index (κ1) is 17.1. The number of aromatic carboxylic acids is 1. The molecule has 0 aliphatic heterocycles. The zero-order valence-electron chi connectivity index (χ0n) is 10.8. The fourth-order valence-electron chi connectivity index (χ4n) is 1.49. The lowest BCUT2D eigenvalue weighted by molar-refractivity contribution is 0.0695. The Kier molecular flexibility index (Phi) is 6.12. The highest BCUT2D eigenvalue weighted by Crippen LogP contribution is 2.21. The maximum atomic E-state index is 12.0. The number of sulfonamides is 1. The molecular weight excluding hydrogens is 350 g/mol. The fraction of sp³-hybridized carbons (Fsp3) is 0.417. The van der Waals surface area contributed by atoms with E-state index in [2.05, 4.69) is 20.7 Å². The minimum atomic E-state index is -3.76. The van der Waals surface area contributed by atoms with Gasteiger partial charge in [-0.25, -0.2) is 17.9 Å². The van der Waals surface area contributed by atoms with Gasteiger partial charge in [0.05, 0.1) is 10.5 Å². The summed E-state index contributed by atoms with van der Waals surface area (Å²) in [7, 11) is -3.76. The number of aliphatic hydroxyl groups is 1. The van der Waals surface area contributed by atoms with E-state index in [-0.39, 0.29) is 29.5 Å². The molecule has 1 aromatic carbocycles. The third-order valence-corrected chi connectivity index (χ3v) is 4.83. The highest BCUT2D eigenvalue weighted by molar-refractivity contribution is 9.10. The van der Waals surface area contributed by atoms with Gasteiger partial charge in [-0.3, -0.25) is 0 Å². The number of carbonyl (C=O) groups is 1. The van der Waals surface area contributed by atoms with E-state index in [1.807, 2.05) is 6.92 Å². The Hall–Kier alpha value is -0.960. The van der Waals surface area contributed by atoms with E-state index in [1.165, 1.54) is 12.1 Å². The maximum absolute atomic E-state index is 12.0. The molecule has 0 fully saturated rings. The van der Waals surface area contributed by atoms with Gasteiger partial charge in [-0.1, -0.05) is 6.92 Å². The summed E-state index contributed by atoms with van der Waals surface area (Å²) >= 11 is 3.06. The predicted octanol–water partition coefficient (Wildman–Crippen LogP) is 1.44. The van der Waals surface area contributed by atoms with Crippen molar-refractivity contribution in [1.82, 2.24) is 4.72 Å². The minimum Gasteiger partial charge on any atom is -0.478 e. The SMILES string of the molecule is CC(CCO)CNS(=O)(=O)c1ccc(Br)c(C(=O)O)c1. The first-order valence-electron chi connectivity index (χ1n) is 5.91. The first-order chi connectivity index (χ1) is 9.27. The van der Waals surface area contributed by atoms with Crippen LogP contribution in [0.1, 0.15) is 23.7 Å². The van der Waals surface area contributed by atoms with Crippen molar-refractivity contribution >= 4 is 31.9 Å². The molecule has 0 saturated carbocycles. The Balaban J connectivity index is 2.93. The van der Waals surface area contributed by atoms with Crippen LogP contribution in [0.5, 0.6) is 0 Å². The van der Waals surface area contributed by atoms with Gasteiger partial charge in [-0.2, -0.15) is 0 Å². The summed E-state index contributed by atoms with van der Waals surface area (Å²) in [6.07, 6.45) is 0.489. The van der Waals surface area contributed by atoms with Gasteiger partial charge in [-0.15, -0.1) is 0 Å². The van der Waals surface area contributed by atoms with E-state index in [0.717, 1.165) is 6.07 Å². The molecule has 0 aliphatic carbocycles. The monoisotopic (exact) mass is 365 g/mol. The Bertz CT molecular complexity index is 588. The molecule has 6 nitrogen and oxygen atoms in total. The van der Waals surface area contributed by atoms with E-state index < -0.39 is 16.0 Å². The van der Waals surface area contributed by atoms with Crippen molar-refractivity contribution in [3.8, 4) is 0 Å². The van der Waals surface area contributed by atoms with Crippen molar-refractivity contribution in [2.24, 2.45) is 5.92 Å². The summed E-state index contributed by atoms with van der Waals surface area (Å²) in [4.78, 5) is 10.9. The summed E-state index contributed by atoms with van der Waals surface area (Å²) in [5.74, 6) is -1.22. The van der Waals surface area contributed by atoms with Crippen molar-refractivity contribution in [2.45, 2.75) is 18.2 Å². The molecule has 0 heterocycles. The second kappa shape index (κ2) is 7.16. The largest absolute Gasteiger partial charge is 0.478 e. The number of aliphatic hydroxyl groups excluding tert-OH is 1. The zero-order valence-corrected chi connectivity index (χ0v) is 13.2. The van der Waals surface area contributed by atoms with Gasteiger partial charge in [0.2, 0.25) is 10.0 Å². The van der Waals surface area contributed by atoms with Crippen LogP contribution in [0.15, 0.2) is 27.6 Å². The van der Waals surface area contributed by atoms with Crippen LogP contribution in [-0.2, 0) is 10.0 Å². The lowest BCUT2D eigenvalue weighted by atomic mass is 10.1. The number of benzene rings is 1. The van der Waals surface area contributed by atoms with E-state index >= 15 is 0 Å². The van der Waals surface area contributed by atoms with Crippen molar-refractivity contribution in [2.75, 3.05) is 13.2 Å². The predicted molar refractivity (Wildman–Crippen MR) is 77.2 cm³/mol. The lowest BCUT2D eigenvalue weighted by Crippen LogP contribution is -2.29. The maximum Gasteiger partial charge on any atom is 0.336 e. The van der Waals surface area contributed by atoms with Crippen LogP contribution in [0, 0.1) is 5.92 Å². The minimum absolute atomic E-state index is 0.00958. The quantitative estimate of drug-likeness (QED) is 0.678. The highest BCUT2D eigenvalue weighted by Gasteiger charge is 2.18. The van der Waals surface area contributed by atoms with Gasteiger partial charge in [0.1, 0.15) is 0 Å². The molecule has 1 rings (SSSR count). The molecule has 1 atom stereocenters. The molecule has 0 saturated heterocycles. The van der Waals surface area contributed by atoms with Crippen LogP contribution in [0.2, 0.25) is 0 Å². The number of nitrogens with one attached hydrogen (secondary N) is 1. The van der Waals surface area contributed by atoms with Gasteiger partial charge < -0.3 is 10.2 Å². The molecule has 8 heteroatoms. The fourth-order valence-corrected chi connectivity index (χ4v) is 3.10. The lowest BCUT2D eigenvalue weighted by Gasteiger charge is -2.12. The van der Waals surface area contributed by atoms with E-state index in [4.69, 9.17) is 10.2 Å². The Morgan fingerprint density at radius 1 is 1.45 bits per heavy atom. The van der Waals surface area contributed by atoms with Crippen LogP contribution in [0.4, 0.5) is 0 Å². The summed E-state index contributed by atoms with van der Waals surface area (Å²) in [5.41, 5.74) is -0.115. The van der Waals surface area contributed by atoms with Gasteiger partial charge in [0.25, 0.3) is 0 Å². The van der Waals surface area contributed by atoms with Crippen LogP contribution in [0.3, 0.4) is 0 Å². The summed E-state index contributed by atoms with van der Waals surface area (Å²) in [6.45, 7) is 1.98. The normalized spacial score (nSPS) is 13.2. The van der Waals surface area contributed by atoms with Crippen LogP contribution in [-0.4, -0.2) is 37.8 Å². The van der Waals surface area contributed by atoms with E-state index in [9.17, 15) is 13.2 Å². The first-order valence-corrected chi connectivity index (χ1v) is 8.19. The number of carboxylic acids is 1. The zero-order chi connectivity index (χ0) is 15.3. The van der Waals surface area contributed by atoms with Crippen molar-refractivity contribution in [1.29, 1.82) is 0 Å². The van der Waals surface area contributed by atoms with Crippen molar-refractivity contribution in [3.05, 3.63) is 28.2 Å². The van der Waals surface area contributed by atoms with Crippen molar-refractivity contribution < 1.29 is 23.4 Å². The summed E-state index contributed by atoms with van der Waals surface area (Å²) < 4.78 is 26.8. The Morgan fingerprint density at radius 2 is 2.10 bits per heavy atom. The summed E-state index contributed by atoms with van der Waals surface area (Å²) in [5, 5.41) is 17.7. The second-order valence-electron chi connectivity index (χ2n) is 4.42. The van der Waals surface area contributed by atoms with E-state index in [1.54, 1.807) is 0 Å². The third-order valence-electron chi connectivity index (χ3n) is 2.72. The number of carboxylic acid groups (broad SMARTS) is 1. The molecule has 0 aliphatic rings. The Labute approximate surface area is 126 Å². The van der Waals surface area contributed by atoms with Gasteiger partial charge in [0.15, 0.2) is 0 Å². The molecule has 20 heavy (non-hydrogen) atoms. The molecule has 112 valence electrons. The third kappa shape index (κ3) is 4.55. The van der Waals surface area contributed by atoms with Crippen LogP contribution in [0.25, 0.3) is 0 Å². The smallest absolute Gasteiger partial charge is 0.336 e. The topological polar surface area (TPSA) is 104 Å². The average Bonchev–Trinajstić information content (AvgIpc) is 2.37. The van der Waals surface area contributed by atoms with E-state index in [0.29, 0.717) is 10.9 Å². The number of rotatable bonds is 7. The molecular formula is C12H16BrNO5S. The molecule has 0 radical (unpaired) electrons. The molecule has 0 amide bonds.